The van der Waals surface area contributed by atoms with E-state index in [1.54, 1.807) is 18.5 Å². The third-order valence-electron chi connectivity index (χ3n) is 4.06. The van der Waals surface area contributed by atoms with Gasteiger partial charge in [0.25, 0.3) is 0 Å². The molecule has 0 radical (unpaired) electrons. The first kappa shape index (κ1) is 18.0. The van der Waals surface area contributed by atoms with Crippen LogP contribution in [0.3, 0.4) is 0 Å². The Kier molecular flexibility index (Phi) is 5.56. The van der Waals surface area contributed by atoms with Crippen LogP contribution in [0.25, 0.3) is 0 Å². The van der Waals surface area contributed by atoms with Crippen LogP contribution < -0.4 is 10.2 Å². The molecule has 1 aliphatic heterocycles. The molecule has 0 atom stereocenters. The number of carbonyl (C=O) groups is 1. The van der Waals surface area contributed by atoms with Gasteiger partial charge in [-0.2, -0.15) is 0 Å². The van der Waals surface area contributed by atoms with Crippen LogP contribution in [-0.2, 0) is 9.53 Å². The van der Waals surface area contributed by atoms with Crippen LogP contribution in [0.4, 0.5) is 22.5 Å². The van der Waals surface area contributed by atoms with Crippen molar-refractivity contribution in [2.24, 2.45) is 5.92 Å². The number of ether oxygens (including phenoxy) is 1. The molecule has 2 aromatic rings. The van der Waals surface area contributed by atoms with Crippen molar-refractivity contribution in [3.8, 4) is 0 Å². The fourth-order valence-electron chi connectivity index (χ4n) is 2.83. The molecule has 138 valence electrons. The molecule has 1 aliphatic rings. The number of aromatic nitrogens is 3. The number of hydrogen-bond acceptors (Lipinski definition) is 10. The number of rotatable bonds is 6. The number of nitro groups is 1. The zero-order chi connectivity index (χ0) is 18.5. The van der Waals surface area contributed by atoms with Crippen LogP contribution in [0.2, 0.25) is 0 Å². The van der Waals surface area contributed by atoms with E-state index in [1.165, 1.54) is 17.7 Å². The molecule has 26 heavy (non-hydrogen) atoms. The first-order valence-corrected chi connectivity index (χ1v) is 9.05. The van der Waals surface area contributed by atoms with Gasteiger partial charge in [0, 0.05) is 24.7 Å². The molecule has 2 aromatic heterocycles. The standard InChI is InChI=1S/C15H18N6O4S/c1-2-25-14(22)10-3-6-20(7-4-10)13-11(21(23)24)12(17-9-18-13)19-15-16-5-8-26-15/h5,8-10H,2-4,6-7H2,1H3,(H,16,17,18,19). The van der Waals surface area contributed by atoms with Gasteiger partial charge in [-0.3, -0.25) is 14.9 Å². The van der Waals surface area contributed by atoms with Gasteiger partial charge in [0.2, 0.25) is 11.6 Å². The van der Waals surface area contributed by atoms with Gasteiger partial charge >= 0.3 is 11.7 Å². The van der Waals surface area contributed by atoms with E-state index in [2.05, 4.69) is 20.3 Å². The Morgan fingerprint density at radius 1 is 1.42 bits per heavy atom. The van der Waals surface area contributed by atoms with Crippen LogP contribution in [0.15, 0.2) is 17.9 Å². The van der Waals surface area contributed by atoms with Crippen molar-refractivity contribution in [3.05, 3.63) is 28.0 Å². The molecule has 0 amide bonds. The Morgan fingerprint density at radius 2 is 2.19 bits per heavy atom. The highest BCUT2D eigenvalue weighted by atomic mass is 32.1. The molecule has 0 aromatic carbocycles. The Hall–Kier alpha value is -2.82. The van der Waals surface area contributed by atoms with Gasteiger partial charge in [-0.15, -0.1) is 11.3 Å². The minimum atomic E-state index is -0.497. The summed E-state index contributed by atoms with van der Waals surface area (Å²) in [6.45, 7) is 3.09. The number of nitrogens with zero attached hydrogens (tertiary/aromatic N) is 5. The van der Waals surface area contributed by atoms with Crippen molar-refractivity contribution in [3.63, 3.8) is 0 Å². The first-order chi connectivity index (χ1) is 12.6. The molecule has 1 N–H and O–H groups in total. The van der Waals surface area contributed by atoms with Gasteiger partial charge in [-0.05, 0) is 19.8 Å². The van der Waals surface area contributed by atoms with E-state index >= 15 is 0 Å². The van der Waals surface area contributed by atoms with E-state index < -0.39 is 4.92 Å². The van der Waals surface area contributed by atoms with Crippen LogP contribution in [0.1, 0.15) is 19.8 Å². The summed E-state index contributed by atoms with van der Waals surface area (Å²) >= 11 is 1.32. The average molecular weight is 378 g/mol. The summed E-state index contributed by atoms with van der Waals surface area (Å²) in [6.07, 6.45) is 4.02. The van der Waals surface area contributed by atoms with Gasteiger partial charge in [-0.25, -0.2) is 15.0 Å². The Balaban J connectivity index is 1.80. The van der Waals surface area contributed by atoms with E-state index in [9.17, 15) is 14.9 Å². The number of hydrogen-bond donors (Lipinski definition) is 1. The van der Waals surface area contributed by atoms with Crippen LogP contribution in [0.5, 0.6) is 0 Å². The number of thiazole rings is 1. The number of nitrogens with one attached hydrogen (secondary N) is 1. The Morgan fingerprint density at radius 3 is 2.81 bits per heavy atom. The van der Waals surface area contributed by atoms with Crippen molar-refractivity contribution in [1.82, 2.24) is 15.0 Å². The molecule has 0 unspecified atom stereocenters. The maximum Gasteiger partial charge on any atom is 0.353 e. The normalized spacial score (nSPS) is 14.9. The Labute approximate surface area is 153 Å². The number of esters is 1. The predicted octanol–water partition coefficient (Wildman–Crippen LogP) is 2.36. The van der Waals surface area contributed by atoms with E-state index in [0.717, 1.165) is 0 Å². The molecule has 10 nitrogen and oxygen atoms in total. The smallest absolute Gasteiger partial charge is 0.353 e. The highest BCUT2D eigenvalue weighted by Gasteiger charge is 2.32. The molecule has 0 aliphatic carbocycles. The summed E-state index contributed by atoms with van der Waals surface area (Å²) in [6, 6.07) is 0. The van der Waals surface area contributed by atoms with Gasteiger partial charge in [0.1, 0.15) is 6.33 Å². The fraction of sp³-hybridized carbons (Fsp3) is 0.467. The summed E-state index contributed by atoms with van der Waals surface area (Å²) in [5.74, 6) is -0.0516. The zero-order valence-electron chi connectivity index (χ0n) is 14.1. The third-order valence-corrected chi connectivity index (χ3v) is 4.75. The number of anilines is 3. The predicted molar refractivity (Wildman–Crippen MR) is 95.7 cm³/mol. The first-order valence-electron chi connectivity index (χ1n) is 8.17. The van der Waals surface area contributed by atoms with Crippen molar-refractivity contribution in [2.75, 3.05) is 29.9 Å². The number of piperidine rings is 1. The van der Waals surface area contributed by atoms with Crippen molar-refractivity contribution in [2.45, 2.75) is 19.8 Å². The summed E-state index contributed by atoms with van der Waals surface area (Å²) in [4.78, 5) is 37.0. The van der Waals surface area contributed by atoms with Crippen molar-refractivity contribution >= 4 is 39.8 Å². The highest BCUT2D eigenvalue weighted by molar-refractivity contribution is 7.13. The Bertz CT molecular complexity index is 776. The van der Waals surface area contributed by atoms with Gasteiger partial charge in [0.15, 0.2) is 5.13 Å². The lowest BCUT2D eigenvalue weighted by molar-refractivity contribution is -0.383. The van der Waals surface area contributed by atoms with Crippen molar-refractivity contribution < 1.29 is 14.5 Å². The van der Waals surface area contributed by atoms with Crippen molar-refractivity contribution in [1.29, 1.82) is 0 Å². The topological polar surface area (TPSA) is 123 Å². The summed E-state index contributed by atoms with van der Waals surface area (Å²) in [5, 5.41) is 16.8. The summed E-state index contributed by atoms with van der Waals surface area (Å²) < 4.78 is 5.06. The lowest BCUT2D eigenvalue weighted by Gasteiger charge is -2.31. The molecule has 0 bridgehead atoms. The SMILES string of the molecule is CCOC(=O)C1CCN(c2ncnc(Nc3nccs3)c2[N+](=O)[O-])CC1. The quantitative estimate of drug-likeness (QED) is 0.458. The molecule has 1 fully saturated rings. The maximum atomic E-state index is 11.9. The molecular formula is C15H18N6O4S. The molecule has 11 heteroatoms. The molecule has 3 heterocycles. The monoisotopic (exact) mass is 378 g/mol. The molecule has 0 saturated carbocycles. The summed E-state index contributed by atoms with van der Waals surface area (Å²) in [5.41, 5.74) is -0.197. The second-order valence-corrected chi connectivity index (χ2v) is 6.52. The molecule has 3 rings (SSSR count). The van der Waals surface area contributed by atoms with E-state index in [0.29, 0.717) is 37.7 Å². The van der Waals surface area contributed by atoms with Crippen LogP contribution in [0, 0.1) is 16.0 Å². The number of carbonyl (C=O) groups excluding carboxylic acids is 1. The second kappa shape index (κ2) is 8.04. The lowest BCUT2D eigenvalue weighted by atomic mass is 9.97. The largest absolute Gasteiger partial charge is 0.466 e. The second-order valence-electron chi connectivity index (χ2n) is 5.63. The van der Waals surface area contributed by atoms with E-state index in [4.69, 9.17) is 4.74 Å². The highest BCUT2D eigenvalue weighted by Crippen LogP contribution is 2.35. The van der Waals surface area contributed by atoms with Gasteiger partial charge in [0.05, 0.1) is 17.4 Å². The third kappa shape index (κ3) is 3.87. The van der Waals surface area contributed by atoms with Crippen LogP contribution in [-0.4, -0.2) is 45.5 Å². The fourth-order valence-corrected chi connectivity index (χ4v) is 3.36. The zero-order valence-corrected chi connectivity index (χ0v) is 14.9. The minimum absolute atomic E-state index is 0.0995. The minimum Gasteiger partial charge on any atom is -0.466 e. The van der Waals surface area contributed by atoms with Gasteiger partial charge in [-0.1, -0.05) is 0 Å². The van der Waals surface area contributed by atoms with Crippen LogP contribution >= 0.6 is 11.3 Å². The maximum absolute atomic E-state index is 11.9. The summed E-state index contributed by atoms with van der Waals surface area (Å²) in [7, 11) is 0. The van der Waals surface area contributed by atoms with Gasteiger partial charge < -0.3 is 15.0 Å². The molecular weight excluding hydrogens is 360 g/mol. The lowest BCUT2D eigenvalue weighted by Crippen LogP contribution is -2.37. The van der Waals surface area contributed by atoms with E-state index in [1.807, 2.05) is 4.90 Å². The molecule has 0 spiro atoms. The molecule has 1 saturated heterocycles. The average Bonchev–Trinajstić information content (AvgIpc) is 3.15. The van der Waals surface area contributed by atoms with E-state index in [-0.39, 0.29) is 29.2 Å².